The van der Waals surface area contributed by atoms with Gasteiger partial charge in [0, 0.05) is 31.7 Å². The molecule has 0 saturated carbocycles. The summed E-state index contributed by atoms with van der Waals surface area (Å²) < 4.78 is 0. The molecule has 3 amide bonds. The SMILES string of the molecule is CC(C)C[C@H]1C(=O)N(C)C[C@@H]2CN(Cc3ccc(Cl)cc3)C(=O)N21. The molecule has 0 N–H and O–H groups in total. The zero-order chi connectivity index (χ0) is 17.4. The van der Waals surface area contributed by atoms with Gasteiger partial charge in [0.25, 0.3) is 0 Å². The molecule has 0 aromatic heterocycles. The number of carbonyl (C=O) groups is 2. The van der Waals surface area contributed by atoms with E-state index in [9.17, 15) is 9.59 Å². The van der Waals surface area contributed by atoms with E-state index in [1.165, 1.54) is 0 Å². The molecule has 5 nitrogen and oxygen atoms in total. The van der Waals surface area contributed by atoms with Crippen molar-refractivity contribution in [3.05, 3.63) is 34.9 Å². The Hall–Kier alpha value is -1.75. The monoisotopic (exact) mass is 349 g/mol. The van der Waals surface area contributed by atoms with Crippen LogP contribution in [0.4, 0.5) is 4.79 Å². The highest BCUT2D eigenvalue weighted by Crippen LogP contribution is 2.29. The molecule has 0 aliphatic carbocycles. The van der Waals surface area contributed by atoms with E-state index in [4.69, 9.17) is 11.6 Å². The maximum absolute atomic E-state index is 12.9. The van der Waals surface area contributed by atoms with Gasteiger partial charge in [-0.05, 0) is 30.0 Å². The standard InChI is InChI=1S/C18H24ClN3O2/c1-12(2)8-16-17(23)20(3)10-15-11-21(18(24)22(15)16)9-13-4-6-14(19)7-5-13/h4-7,12,15-16H,8-11H2,1-3H3/t15-,16+/m1/s1. The minimum atomic E-state index is -0.337. The van der Waals surface area contributed by atoms with Gasteiger partial charge in [0.15, 0.2) is 0 Å². The first kappa shape index (κ1) is 17.1. The van der Waals surface area contributed by atoms with Crippen molar-refractivity contribution >= 4 is 23.5 Å². The topological polar surface area (TPSA) is 43.9 Å². The van der Waals surface area contributed by atoms with Gasteiger partial charge >= 0.3 is 6.03 Å². The highest BCUT2D eigenvalue weighted by molar-refractivity contribution is 6.30. The van der Waals surface area contributed by atoms with Gasteiger partial charge in [-0.25, -0.2) is 4.79 Å². The lowest BCUT2D eigenvalue weighted by Gasteiger charge is -2.41. The zero-order valence-electron chi connectivity index (χ0n) is 14.4. The van der Waals surface area contributed by atoms with Crippen LogP contribution in [0.2, 0.25) is 5.02 Å². The first-order valence-corrected chi connectivity index (χ1v) is 8.81. The number of benzene rings is 1. The van der Waals surface area contributed by atoms with Crippen LogP contribution in [0, 0.1) is 5.92 Å². The third kappa shape index (κ3) is 3.22. The fraction of sp³-hybridized carbons (Fsp3) is 0.556. The summed E-state index contributed by atoms with van der Waals surface area (Å²) in [5.74, 6) is 0.422. The molecule has 3 rings (SSSR count). The summed E-state index contributed by atoms with van der Waals surface area (Å²) in [4.78, 5) is 30.9. The van der Waals surface area contributed by atoms with E-state index in [2.05, 4.69) is 13.8 Å². The molecular formula is C18H24ClN3O2. The lowest BCUT2D eigenvalue weighted by molar-refractivity contribution is -0.140. The van der Waals surface area contributed by atoms with Gasteiger partial charge in [-0.15, -0.1) is 0 Å². The molecule has 2 atom stereocenters. The summed E-state index contributed by atoms with van der Waals surface area (Å²) in [5, 5.41) is 0.688. The highest BCUT2D eigenvalue weighted by Gasteiger charge is 2.48. The van der Waals surface area contributed by atoms with E-state index in [0.29, 0.717) is 37.0 Å². The van der Waals surface area contributed by atoms with E-state index in [1.807, 2.05) is 41.1 Å². The zero-order valence-corrected chi connectivity index (χ0v) is 15.2. The average Bonchev–Trinajstić information content (AvgIpc) is 2.82. The third-order valence-electron chi connectivity index (χ3n) is 4.78. The number of hydrogen-bond donors (Lipinski definition) is 0. The molecule has 130 valence electrons. The van der Waals surface area contributed by atoms with E-state index >= 15 is 0 Å². The van der Waals surface area contributed by atoms with Crippen LogP contribution in [-0.2, 0) is 11.3 Å². The van der Waals surface area contributed by atoms with E-state index in [0.717, 1.165) is 5.56 Å². The van der Waals surface area contributed by atoms with Crippen LogP contribution in [0.15, 0.2) is 24.3 Å². The Bertz CT molecular complexity index is 632. The van der Waals surface area contributed by atoms with Crippen LogP contribution in [0.1, 0.15) is 25.8 Å². The van der Waals surface area contributed by atoms with Gasteiger partial charge in [-0.3, -0.25) is 4.79 Å². The Morgan fingerprint density at radius 3 is 2.46 bits per heavy atom. The van der Waals surface area contributed by atoms with E-state index in [-0.39, 0.29) is 24.0 Å². The van der Waals surface area contributed by atoms with Crippen molar-refractivity contribution < 1.29 is 9.59 Å². The summed E-state index contributed by atoms with van der Waals surface area (Å²) in [6.45, 7) is 5.99. The fourth-order valence-electron chi connectivity index (χ4n) is 3.66. The van der Waals surface area contributed by atoms with Crippen LogP contribution < -0.4 is 0 Å². The molecule has 0 radical (unpaired) electrons. The Labute approximate surface area is 148 Å². The van der Waals surface area contributed by atoms with Gasteiger partial charge in [-0.2, -0.15) is 0 Å². The van der Waals surface area contributed by atoms with Crippen molar-refractivity contribution in [1.82, 2.24) is 14.7 Å². The van der Waals surface area contributed by atoms with Crippen molar-refractivity contribution in [2.24, 2.45) is 5.92 Å². The highest BCUT2D eigenvalue weighted by atomic mass is 35.5. The molecule has 2 aliphatic rings. The molecule has 1 aromatic rings. The first-order chi connectivity index (χ1) is 11.4. The van der Waals surface area contributed by atoms with Crippen LogP contribution in [-0.4, -0.2) is 58.9 Å². The second kappa shape index (κ2) is 6.63. The maximum atomic E-state index is 12.9. The maximum Gasteiger partial charge on any atom is 0.321 e. The van der Waals surface area contributed by atoms with Crippen LogP contribution >= 0.6 is 11.6 Å². The number of amides is 3. The number of likely N-dealkylation sites (N-methyl/N-ethyl adjacent to an activating group) is 1. The number of urea groups is 1. The summed E-state index contributed by atoms with van der Waals surface area (Å²) in [5.41, 5.74) is 1.05. The van der Waals surface area contributed by atoms with E-state index < -0.39 is 0 Å². The number of rotatable bonds is 4. The third-order valence-corrected chi connectivity index (χ3v) is 5.03. The van der Waals surface area contributed by atoms with E-state index in [1.54, 1.807) is 4.90 Å². The lowest BCUT2D eigenvalue weighted by Crippen LogP contribution is -2.60. The van der Waals surface area contributed by atoms with Crippen molar-refractivity contribution in [3.63, 3.8) is 0 Å². The molecule has 6 heteroatoms. The van der Waals surface area contributed by atoms with Crippen molar-refractivity contribution in [2.75, 3.05) is 20.1 Å². The smallest absolute Gasteiger partial charge is 0.321 e. The number of halogens is 1. The van der Waals surface area contributed by atoms with Crippen LogP contribution in [0.25, 0.3) is 0 Å². The number of piperazine rings is 1. The van der Waals surface area contributed by atoms with Crippen LogP contribution in [0.5, 0.6) is 0 Å². The Morgan fingerprint density at radius 2 is 1.83 bits per heavy atom. The number of fused-ring (bicyclic) bond motifs is 1. The number of hydrogen-bond acceptors (Lipinski definition) is 2. The minimum absolute atomic E-state index is 0.0259. The fourth-order valence-corrected chi connectivity index (χ4v) is 3.78. The molecule has 0 bridgehead atoms. The Balaban J connectivity index is 1.79. The molecule has 1 aromatic carbocycles. The normalized spacial score (nSPS) is 24.1. The second-order valence-electron chi connectivity index (χ2n) is 7.21. The summed E-state index contributed by atoms with van der Waals surface area (Å²) in [7, 11) is 1.83. The average molecular weight is 350 g/mol. The van der Waals surface area contributed by atoms with Gasteiger partial charge in [-0.1, -0.05) is 37.6 Å². The van der Waals surface area contributed by atoms with Gasteiger partial charge < -0.3 is 14.7 Å². The van der Waals surface area contributed by atoms with Crippen molar-refractivity contribution in [3.8, 4) is 0 Å². The second-order valence-corrected chi connectivity index (χ2v) is 7.65. The Kier molecular flexibility index (Phi) is 4.72. The minimum Gasteiger partial charge on any atom is -0.342 e. The molecule has 24 heavy (non-hydrogen) atoms. The Morgan fingerprint density at radius 1 is 1.17 bits per heavy atom. The molecule has 2 heterocycles. The lowest BCUT2D eigenvalue weighted by atomic mass is 9.98. The van der Waals surface area contributed by atoms with Gasteiger partial charge in [0.2, 0.25) is 5.91 Å². The van der Waals surface area contributed by atoms with Gasteiger partial charge in [0.1, 0.15) is 6.04 Å². The molecular weight excluding hydrogens is 326 g/mol. The predicted molar refractivity (Wildman–Crippen MR) is 93.8 cm³/mol. The molecule has 2 aliphatic heterocycles. The summed E-state index contributed by atoms with van der Waals surface area (Å²) in [6.07, 6.45) is 0.709. The number of carbonyl (C=O) groups excluding carboxylic acids is 2. The molecule has 2 fully saturated rings. The summed E-state index contributed by atoms with van der Waals surface area (Å²) in [6, 6.07) is 7.27. The molecule has 0 spiro atoms. The molecule has 2 saturated heterocycles. The summed E-state index contributed by atoms with van der Waals surface area (Å²) >= 11 is 5.92. The number of nitrogens with zero attached hydrogens (tertiary/aromatic N) is 3. The van der Waals surface area contributed by atoms with Gasteiger partial charge in [0.05, 0.1) is 6.04 Å². The van der Waals surface area contributed by atoms with Crippen molar-refractivity contribution in [2.45, 2.75) is 38.9 Å². The van der Waals surface area contributed by atoms with Crippen molar-refractivity contribution in [1.29, 1.82) is 0 Å². The largest absolute Gasteiger partial charge is 0.342 e. The predicted octanol–water partition coefficient (Wildman–Crippen LogP) is 2.83. The molecule has 0 unspecified atom stereocenters. The quantitative estimate of drug-likeness (QED) is 0.839. The first-order valence-electron chi connectivity index (χ1n) is 8.43. The van der Waals surface area contributed by atoms with Crippen LogP contribution in [0.3, 0.4) is 0 Å².